The number of aliphatic carboxylic acids is 1. The molecule has 0 aliphatic rings. The smallest absolute Gasteiger partial charge is 0.407 e. The first-order valence-electron chi connectivity index (χ1n) is 12.5. The molecule has 2 aromatic heterocycles. The molecule has 2 aromatic carbocycles. The van der Waals surface area contributed by atoms with Crippen molar-refractivity contribution in [1.29, 1.82) is 0 Å². The van der Waals surface area contributed by atoms with Crippen LogP contribution in [0.4, 0.5) is 16.6 Å². The third-order valence-electron chi connectivity index (χ3n) is 5.90. The molecule has 1 amide bonds. The number of carbonyl (C=O) groups excluding carboxylic acids is 1. The second kappa shape index (κ2) is 12.6. The number of hydrogen-bond acceptors (Lipinski definition) is 7. The Morgan fingerprint density at radius 1 is 1.15 bits per heavy atom. The summed E-state index contributed by atoms with van der Waals surface area (Å²) in [4.78, 5) is 27.8. The van der Waals surface area contributed by atoms with Crippen molar-refractivity contribution in [3.63, 3.8) is 0 Å². The monoisotopic (exact) mass is 530 g/mol. The normalized spacial score (nSPS) is 11.5. The van der Waals surface area contributed by atoms with Gasteiger partial charge in [-0.3, -0.25) is 0 Å². The number of rotatable bonds is 10. The van der Waals surface area contributed by atoms with Gasteiger partial charge in [-0.1, -0.05) is 48.4 Å². The molecule has 0 saturated carbocycles. The fourth-order valence-corrected chi connectivity index (χ4v) is 4.12. The van der Waals surface area contributed by atoms with Gasteiger partial charge in [0.1, 0.15) is 18.5 Å². The van der Waals surface area contributed by atoms with Gasteiger partial charge in [0, 0.05) is 37.2 Å². The minimum atomic E-state index is -1.33. The lowest BCUT2D eigenvalue weighted by Crippen LogP contribution is -2.26. The Kier molecular flexibility index (Phi) is 8.81. The largest absolute Gasteiger partial charge is 0.472 e. The van der Waals surface area contributed by atoms with E-state index in [4.69, 9.17) is 14.8 Å². The molecule has 2 heterocycles. The molecule has 202 valence electrons. The standard InChI is InChI=1S/C28H30N6O5/c1-3-34-24(17-19(2)32-34)30-27-31-26-21(23(35)13-14-25(36)37)11-7-12-22(26)33(27)16-8-15-29-28(38)39-18-20-9-5-4-6-10-20/h4-7,9-12,17,23,35H,3,8,15-16,18H2,1-2H3,(H,29,38)(H,30,31)(H,36,37). The first kappa shape index (κ1) is 27.2. The fraction of sp³-hybridized carbons (Fsp3) is 0.286. The third kappa shape index (κ3) is 6.94. The fourth-order valence-electron chi connectivity index (χ4n) is 4.12. The van der Waals surface area contributed by atoms with Crippen molar-refractivity contribution in [1.82, 2.24) is 24.6 Å². The number of nitrogens with zero attached hydrogens (tertiary/aromatic N) is 4. The molecule has 11 heteroatoms. The summed E-state index contributed by atoms with van der Waals surface area (Å²) in [5, 5.41) is 30.0. The second-order valence-electron chi connectivity index (χ2n) is 8.73. The number of aliphatic hydroxyl groups excluding tert-OH is 1. The van der Waals surface area contributed by atoms with E-state index in [0.717, 1.165) is 22.6 Å². The highest BCUT2D eigenvalue weighted by atomic mass is 16.5. The van der Waals surface area contributed by atoms with Crippen LogP contribution in [0.3, 0.4) is 0 Å². The summed E-state index contributed by atoms with van der Waals surface area (Å²) in [6, 6.07) is 16.6. The lowest BCUT2D eigenvalue weighted by Gasteiger charge is -2.12. The molecule has 4 N–H and O–H groups in total. The van der Waals surface area contributed by atoms with E-state index in [1.807, 2.05) is 71.5 Å². The molecule has 0 aliphatic carbocycles. The first-order valence-corrected chi connectivity index (χ1v) is 12.5. The number of nitrogens with one attached hydrogen (secondary N) is 2. The molecule has 0 aliphatic heterocycles. The summed E-state index contributed by atoms with van der Waals surface area (Å²) in [5.41, 5.74) is 3.35. The van der Waals surface area contributed by atoms with Crippen LogP contribution in [0.5, 0.6) is 0 Å². The van der Waals surface area contributed by atoms with Crippen LogP contribution in [0.25, 0.3) is 11.0 Å². The number of aliphatic hydroxyl groups is 1. The number of alkyl carbamates (subject to hydrolysis) is 1. The highest BCUT2D eigenvalue weighted by Crippen LogP contribution is 2.29. The zero-order chi connectivity index (χ0) is 27.8. The minimum absolute atomic E-state index is 0.188. The van der Waals surface area contributed by atoms with Gasteiger partial charge in [0.15, 0.2) is 0 Å². The maximum atomic E-state index is 12.1. The number of carboxylic acids is 1. The van der Waals surface area contributed by atoms with Gasteiger partial charge in [0.05, 0.1) is 16.7 Å². The zero-order valence-electron chi connectivity index (χ0n) is 21.7. The average Bonchev–Trinajstić information content (AvgIpc) is 3.47. The van der Waals surface area contributed by atoms with E-state index in [1.54, 1.807) is 12.1 Å². The van der Waals surface area contributed by atoms with Gasteiger partial charge in [-0.25, -0.2) is 19.3 Å². The SMILES string of the molecule is CCn1nc(C)cc1Nc1nc2c(C(O)C#CC(=O)O)cccc2n1CCCNC(=O)OCc1ccccc1. The van der Waals surface area contributed by atoms with Crippen molar-refractivity contribution in [2.45, 2.75) is 46.1 Å². The van der Waals surface area contributed by atoms with Crippen LogP contribution >= 0.6 is 0 Å². The Balaban J connectivity index is 1.53. The van der Waals surface area contributed by atoms with Gasteiger partial charge in [0.25, 0.3) is 0 Å². The summed E-state index contributed by atoms with van der Waals surface area (Å²) >= 11 is 0. The Morgan fingerprint density at radius 3 is 2.69 bits per heavy atom. The van der Waals surface area contributed by atoms with Gasteiger partial charge < -0.3 is 30.2 Å². The molecular weight excluding hydrogens is 500 g/mol. The predicted molar refractivity (Wildman–Crippen MR) is 145 cm³/mol. The highest BCUT2D eigenvalue weighted by Gasteiger charge is 2.18. The van der Waals surface area contributed by atoms with Gasteiger partial charge in [0.2, 0.25) is 5.95 Å². The summed E-state index contributed by atoms with van der Waals surface area (Å²) in [5.74, 6) is 4.24. The molecule has 1 atom stereocenters. The van der Waals surface area contributed by atoms with Crippen LogP contribution in [0.15, 0.2) is 54.6 Å². The Labute approximate surface area is 225 Å². The van der Waals surface area contributed by atoms with Gasteiger partial charge in [-0.15, -0.1) is 0 Å². The van der Waals surface area contributed by atoms with Crippen LogP contribution in [-0.2, 0) is 29.2 Å². The van der Waals surface area contributed by atoms with E-state index >= 15 is 0 Å². The van der Waals surface area contributed by atoms with Crippen molar-refractivity contribution in [3.8, 4) is 11.8 Å². The van der Waals surface area contributed by atoms with E-state index in [1.165, 1.54) is 0 Å². The van der Waals surface area contributed by atoms with Gasteiger partial charge in [-0.05, 0) is 31.9 Å². The van der Waals surface area contributed by atoms with Gasteiger partial charge >= 0.3 is 12.1 Å². The van der Waals surface area contributed by atoms with E-state index in [-0.39, 0.29) is 6.61 Å². The van der Waals surface area contributed by atoms with Crippen LogP contribution in [0.2, 0.25) is 0 Å². The van der Waals surface area contributed by atoms with Gasteiger partial charge in [-0.2, -0.15) is 5.10 Å². The van der Waals surface area contributed by atoms with Crippen LogP contribution in [0, 0.1) is 18.8 Å². The number of ether oxygens (including phenoxy) is 1. The number of fused-ring (bicyclic) bond motifs is 1. The van der Waals surface area contributed by atoms with Crippen LogP contribution in [0.1, 0.15) is 36.3 Å². The maximum absolute atomic E-state index is 12.1. The van der Waals surface area contributed by atoms with E-state index in [9.17, 15) is 14.7 Å². The molecule has 0 bridgehead atoms. The molecule has 0 fully saturated rings. The summed E-state index contributed by atoms with van der Waals surface area (Å²) < 4.78 is 9.03. The molecular formula is C28H30N6O5. The average molecular weight is 531 g/mol. The maximum Gasteiger partial charge on any atom is 0.407 e. The first-order chi connectivity index (χ1) is 18.9. The predicted octanol–water partition coefficient (Wildman–Crippen LogP) is 3.74. The number of imidazole rings is 1. The number of anilines is 2. The van der Waals surface area contributed by atoms with Crippen molar-refractivity contribution in [2.24, 2.45) is 0 Å². The van der Waals surface area contributed by atoms with Crippen molar-refractivity contribution < 1.29 is 24.5 Å². The van der Waals surface area contributed by atoms with Crippen LogP contribution in [-0.4, -0.2) is 48.2 Å². The molecule has 4 rings (SSSR count). The molecule has 0 radical (unpaired) electrons. The van der Waals surface area contributed by atoms with E-state index in [2.05, 4.69) is 21.7 Å². The summed E-state index contributed by atoms with van der Waals surface area (Å²) in [6.45, 7) is 5.58. The lowest BCUT2D eigenvalue weighted by molar-refractivity contribution is -0.130. The van der Waals surface area contributed by atoms with E-state index < -0.39 is 18.2 Å². The lowest BCUT2D eigenvalue weighted by atomic mass is 10.1. The van der Waals surface area contributed by atoms with Crippen molar-refractivity contribution in [3.05, 3.63) is 71.4 Å². The number of para-hydroxylation sites is 1. The molecule has 1 unspecified atom stereocenters. The molecule has 11 nitrogen and oxygen atoms in total. The number of amides is 1. The number of carbonyl (C=O) groups is 2. The number of aryl methyl sites for hydroxylation is 3. The Hall–Kier alpha value is -4.82. The van der Waals surface area contributed by atoms with Crippen molar-refractivity contribution >= 4 is 34.9 Å². The number of carboxylic acid groups (broad SMARTS) is 1. The Bertz CT molecular complexity index is 1520. The summed E-state index contributed by atoms with van der Waals surface area (Å²) in [6.07, 6.45) is -1.26. The number of hydrogen-bond donors (Lipinski definition) is 4. The van der Waals surface area contributed by atoms with Crippen LogP contribution < -0.4 is 10.6 Å². The quantitative estimate of drug-likeness (QED) is 0.179. The third-order valence-corrected chi connectivity index (χ3v) is 5.90. The second-order valence-corrected chi connectivity index (χ2v) is 8.73. The minimum Gasteiger partial charge on any atom is -0.472 e. The highest BCUT2D eigenvalue weighted by molar-refractivity contribution is 5.87. The topological polar surface area (TPSA) is 144 Å². The number of aromatic nitrogens is 4. The zero-order valence-corrected chi connectivity index (χ0v) is 21.7. The van der Waals surface area contributed by atoms with Crippen molar-refractivity contribution in [2.75, 3.05) is 11.9 Å². The molecule has 39 heavy (non-hydrogen) atoms. The Morgan fingerprint density at radius 2 is 1.95 bits per heavy atom. The molecule has 4 aromatic rings. The summed E-state index contributed by atoms with van der Waals surface area (Å²) in [7, 11) is 0. The number of benzene rings is 2. The molecule has 0 saturated heterocycles. The van der Waals surface area contributed by atoms with E-state index in [0.29, 0.717) is 43.1 Å². The molecule has 0 spiro atoms.